The van der Waals surface area contributed by atoms with Crippen molar-refractivity contribution < 1.29 is 9.59 Å². The van der Waals surface area contributed by atoms with Crippen LogP contribution in [0.15, 0.2) is 83.3 Å². The van der Waals surface area contributed by atoms with Crippen LogP contribution >= 0.6 is 15.9 Å². The van der Waals surface area contributed by atoms with Crippen LogP contribution in [0.5, 0.6) is 0 Å². The first kappa shape index (κ1) is 21.6. The van der Waals surface area contributed by atoms with Crippen molar-refractivity contribution in [2.24, 2.45) is 0 Å². The van der Waals surface area contributed by atoms with Crippen LogP contribution in [0.3, 0.4) is 0 Å². The first-order chi connectivity index (χ1) is 14.5. The van der Waals surface area contributed by atoms with Gasteiger partial charge in [0, 0.05) is 29.3 Å². The second-order valence-electron chi connectivity index (χ2n) is 6.92. The van der Waals surface area contributed by atoms with Gasteiger partial charge in [-0.25, -0.2) is 0 Å². The minimum absolute atomic E-state index is 0.161. The molecule has 1 unspecified atom stereocenters. The Kier molecular flexibility index (Phi) is 7.25. The molecule has 154 valence electrons. The summed E-state index contributed by atoms with van der Waals surface area (Å²) in [5.74, 6) is -0.452. The SMILES string of the molecule is CNC(=O)C(c1ccccc1N)N(Cc1ccccc1)C(=O)Cc1ccccc1Br. The summed E-state index contributed by atoms with van der Waals surface area (Å²) in [6, 6.07) is 23.5. The Balaban J connectivity index is 2.04. The molecule has 3 aromatic carbocycles. The number of carbonyl (C=O) groups is 2. The first-order valence-electron chi connectivity index (χ1n) is 9.64. The fourth-order valence-electron chi connectivity index (χ4n) is 3.36. The van der Waals surface area contributed by atoms with Crippen molar-refractivity contribution >= 4 is 33.4 Å². The van der Waals surface area contributed by atoms with Crippen LogP contribution in [0.4, 0.5) is 5.69 Å². The maximum absolute atomic E-state index is 13.5. The lowest BCUT2D eigenvalue weighted by Crippen LogP contribution is -2.43. The molecule has 5 nitrogen and oxygen atoms in total. The molecule has 3 N–H and O–H groups in total. The first-order valence-corrected chi connectivity index (χ1v) is 10.4. The number of amides is 2. The third-order valence-electron chi connectivity index (χ3n) is 4.91. The molecule has 1 atom stereocenters. The van der Waals surface area contributed by atoms with E-state index in [2.05, 4.69) is 21.2 Å². The second-order valence-corrected chi connectivity index (χ2v) is 7.78. The molecule has 0 fully saturated rings. The van der Waals surface area contributed by atoms with E-state index in [-0.39, 0.29) is 24.8 Å². The highest BCUT2D eigenvalue weighted by Crippen LogP contribution is 2.29. The van der Waals surface area contributed by atoms with Gasteiger partial charge in [-0.1, -0.05) is 82.7 Å². The zero-order valence-electron chi connectivity index (χ0n) is 16.7. The van der Waals surface area contributed by atoms with Gasteiger partial charge < -0.3 is 16.0 Å². The summed E-state index contributed by atoms with van der Waals surface area (Å²) >= 11 is 3.51. The maximum atomic E-state index is 13.5. The van der Waals surface area contributed by atoms with Crippen LogP contribution in [-0.2, 0) is 22.6 Å². The van der Waals surface area contributed by atoms with Gasteiger partial charge >= 0.3 is 0 Å². The topological polar surface area (TPSA) is 75.4 Å². The highest BCUT2D eigenvalue weighted by atomic mass is 79.9. The lowest BCUT2D eigenvalue weighted by atomic mass is 10.00. The maximum Gasteiger partial charge on any atom is 0.247 e. The van der Waals surface area contributed by atoms with Gasteiger partial charge in [0.25, 0.3) is 0 Å². The van der Waals surface area contributed by atoms with E-state index in [4.69, 9.17) is 5.73 Å². The summed E-state index contributed by atoms with van der Waals surface area (Å²) in [7, 11) is 1.56. The Morgan fingerprint density at radius 3 is 2.27 bits per heavy atom. The van der Waals surface area contributed by atoms with Gasteiger partial charge in [-0.2, -0.15) is 0 Å². The van der Waals surface area contributed by atoms with Gasteiger partial charge in [-0.05, 0) is 23.3 Å². The quantitative estimate of drug-likeness (QED) is 0.515. The summed E-state index contributed by atoms with van der Waals surface area (Å²) in [4.78, 5) is 28.0. The van der Waals surface area contributed by atoms with Gasteiger partial charge in [0.15, 0.2) is 0 Å². The Labute approximate surface area is 185 Å². The number of likely N-dealkylation sites (N-methyl/N-ethyl adjacent to an activating group) is 1. The molecule has 0 spiro atoms. The summed E-state index contributed by atoms with van der Waals surface area (Å²) in [6.45, 7) is 0.288. The van der Waals surface area contributed by atoms with E-state index in [9.17, 15) is 9.59 Å². The Bertz CT molecular complexity index is 1020. The summed E-state index contributed by atoms with van der Waals surface area (Å²) < 4.78 is 0.855. The molecule has 0 saturated carbocycles. The fraction of sp³-hybridized carbons (Fsp3) is 0.167. The third kappa shape index (κ3) is 5.07. The number of nitrogens with zero attached hydrogens (tertiary/aromatic N) is 1. The van der Waals surface area contributed by atoms with Gasteiger partial charge in [0.1, 0.15) is 6.04 Å². The van der Waals surface area contributed by atoms with E-state index in [1.807, 2.05) is 66.7 Å². The van der Waals surface area contributed by atoms with Crippen LogP contribution in [0.1, 0.15) is 22.7 Å². The molecule has 0 aliphatic rings. The van der Waals surface area contributed by atoms with Crippen LogP contribution < -0.4 is 11.1 Å². The molecule has 30 heavy (non-hydrogen) atoms. The largest absolute Gasteiger partial charge is 0.398 e. The number of carbonyl (C=O) groups excluding carboxylic acids is 2. The number of nitrogens with one attached hydrogen (secondary N) is 1. The van der Waals surface area contributed by atoms with E-state index in [1.54, 1.807) is 24.1 Å². The lowest BCUT2D eigenvalue weighted by molar-refractivity contribution is -0.140. The zero-order valence-corrected chi connectivity index (χ0v) is 18.3. The average Bonchev–Trinajstić information content (AvgIpc) is 2.76. The fourth-order valence-corrected chi connectivity index (χ4v) is 3.78. The molecule has 2 amide bonds. The normalized spacial score (nSPS) is 11.5. The van der Waals surface area contributed by atoms with Crippen molar-refractivity contribution in [3.63, 3.8) is 0 Å². The van der Waals surface area contributed by atoms with Crippen molar-refractivity contribution in [3.05, 3.63) is 100 Å². The predicted octanol–water partition coefficient (Wildman–Crippen LogP) is 4.09. The number of benzene rings is 3. The molecule has 6 heteroatoms. The Hall–Kier alpha value is -3.12. The molecule has 3 aromatic rings. The minimum atomic E-state index is -0.841. The minimum Gasteiger partial charge on any atom is -0.398 e. The van der Waals surface area contributed by atoms with Gasteiger partial charge in [0.2, 0.25) is 11.8 Å². The molecule has 0 aromatic heterocycles. The highest BCUT2D eigenvalue weighted by molar-refractivity contribution is 9.10. The molecule has 0 aliphatic heterocycles. The smallest absolute Gasteiger partial charge is 0.247 e. The molecule has 0 heterocycles. The Morgan fingerprint density at radius 2 is 1.60 bits per heavy atom. The molecule has 0 bridgehead atoms. The number of rotatable bonds is 7. The van der Waals surface area contributed by atoms with Crippen molar-refractivity contribution in [1.29, 1.82) is 0 Å². The Morgan fingerprint density at radius 1 is 0.967 bits per heavy atom. The van der Waals surface area contributed by atoms with Gasteiger partial charge in [-0.3, -0.25) is 9.59 Å². The van der Waals surface area contributed by atoms with E-state index in [0.29, 0.717) is 11.3 Å². The summed E-state index contributed by atoms with van der Waals surface area (Å²) in [6.07, 6.45) is 0.161. The van der Waals surface area contributed by atoms with Crippen molar-refractivity contribution in [2.45, 2.75) is 19.0 Å². The number of hydrogen-bond acceptors (Lipinski definition) is 3. The predicted molar refractivity (Wildman–Crippen MR) is 123 cm³/mol. The summed E-state index contributed by atoms with van der Waals surface area (Å²) in [5.41, 5.74) is 9.06. The monoisotopic (exact) mass is 465 g/mol. The van der Waals surface area contributed by atoms with Crippen molar-refractivity contribution in [1.82, 2.24) is 10.2 Å². The zero-order chi connectivity index (χ0) is 21.5. The molecule has 0 saturated heterocycles. The van der Waals surface area contributed by atoms with E-state index < -0.39 is 6.04 Å². The average molecular weight is 466 g/mol. The third-order valence-corrected chi connectivity index (χ3v) is 5.69. The molecular weight excluding hydrogens is 442 g/mol. The van der Waals surface area contributed by atoms with Crippen LogP contribution in [0.25, 0.3) is 0 Å². The number of hydrogen-bond donors (Lipinski definition) is 2. The van der Waals surface area contributed by atoms with Crippen molar-refractivity contribution in [3.8, 4) is 0 Å². The van der Waals surface area contributed by atoms with Crippen molar-refractivity contribution in [2.75, 3.05) is 12.8 Å². The number of nitrogens with two attached hydrogens (primary N) is 1. The lowest BCUT2D eigenvalue weighted by Gasteiger charge is -2.32. The van der Waals surface area contributed by atoms with E-state index >= 15 is 0 Å². The van der Waals surface area contributed by atoms with Gasteiger partial charge in [0.05, 0.1) is 6.42 Å². The summed E-state index contributed by atoms with van der Waals surface area (Å²) in [5, 5.41) is 2.69. The van der Waals surface area contributed by atoms with Gasteiger partial charge in [-0.15, -0.1) is 0 Å². The number of para-hydroxylation sites is 1. The standard InChI is InChI=1S/C24H24BrN3O2/c1-27-24(30)23(19-12-6-8-14-21(19)26)28(16-17-9-3-2-4-10-17)22(29)15-18-11-5-7-13-20(18)25/h2-14,23H,15-16,26H2,1H3,(H,27,30). The van der Waals surface area contributed by atoms with E-state index in [0.717, 1.165) is 15.6 Å². The highest BCUT2D eigenvalue weighted by Gasteiger charge is 2.32. The number of anilines is 1. The molecule has 0 radical (unpaired) electrons. The molecular formula is C24H24BrN3O2. The van der Waals surface area contributed by atoms with E-state index in [1.165, 1.54) is 0 Å². The second kappa shape index (κ2) is 10.1. The number of nitrogen functional groups attached to an aromatic ring is 1. The van der Waals surface area contributed by atoms with Crippen LogP contribution in [0, 0.1) is 0 Å². The molecule has 3 rings (SSSR count). The van der Waals surface area contributed by atoms with Crippen LogP contribution in [0.2, 0.25) is 0 Å². The molecule has 0 aliphatic carbocycles. The number of halogens is 1. The van der Waals surface area contributed by atoms with Crippen LogP contribution in [-0.4, -0.2) is 23.8 Å².